The van der Waals surface area contributed by atoms with Crippen LogP contribution < -0.4 is 14.2 Å². The number of carbonyl (C=O) groups excluding carboxylic acids is 1. The van der Waals surface area contributed by atoms with E-state index in [0.29, 0.717) is 24.7 Å². The third kappa shape index (κ3) is 3.72. The zero-order valence-corrected chi connectivity index (χ0v) is 13.5. The number of hydrogen-bond acceptors (Lipinski definition) is 6. The minimum Gasteiger partial charge on any atom is -0.486 e. The van der Waals surface area contributed by atoms with Gasteiger partial charge in [-0.15, -0.1) is 11.3 Å². The number of amides is 1. The molecule has 1 aliphatic heterocycles. The molecule has 1 aromatic heterocycles. The van der Waals surface area contributed by atoms with Crippen molar-refractivity contribution in [1.29, 1.82) is 0 Å². The van der Waals surface area contributed by atoms with Crippen LogP contribution >= 0.6 is 11.3 Å². The molecule has 6 nitrogen and oxygen atoms in total. The fraction of sp³-hybridized carbons (Fsp3) is 0.133. The molecule has 0 saturated carbocycles. The highest BCUT2D eigenvalue weighted by molar-refractivity contribution is 7.90. The second kappa shape index (κ2) is 6.43. The van der Waals surface area contributed by atoms with Crippen LogP contribution in [0.15, 0.2) is 46.7 Å². The molecule has 1 aliphatic rings. The second-order valence-corrected chi connectivity index (χ2v) is 7.29. The Kier molecular flexibility index (Phi) is 4.35. The summed E-state index contributed by atoms with van der Waals surface area (Å²) in [5.74, 6) is 0.119. The molecule has 120 valence electrons. The van der Waals surface area contributed by atoms with Crippen molar-refractivity contribution in [1.82, 2.24) is 4.72 Å². The van der Waals surface area contributed by atoms with Gasteiger partial charge in [0, 0.05) is 17.0 Å². The minimum absolute atomic E-state index is 0.0559. The lowest BCUT2D eigenvalue weighted by molar-refractivity contribution is -0.114. The van der Waals surface area contributed by atoms with Crippen molar-refractivity contribution in [3.63, 3.8) is 0 Å². The fourth-order valence-electron chi connectivity index (χ4n) is 1.96. The van der Waals surface area contributed by atoms with Crippen LogP contribution in [-0.2, 0) is 14.8 Å². The van der Waals surface area contributed by atoms with Gasteiger partial charge in [0.05, 0.1) is 4.90 Å². The molecule has 2 heterocycles. The molecule has 8 heteroatoms. The largest absolute Gasteiger partial charge is 0.486 e. The molecule has 3 rings (SSSR count). The van der Waals surface area contributed by atoms with Crippen molar-refractivity contribution in [2.75, 3.05) is 13.2 Å². The first-order chi connectivity index (χ1) is 11.0. The summed E-state index contributed by atoms with van der Waals surface area (Å²) in [6.45, 7) is 0.774. The molecule has 1 N–H and O–H groups in total. The van der Waals surface area contributed by atoms with Crippen molar-refractivity contribution in [2.45, 2.75) is 4.90 Å². The molecule has 0 radical (unpaired) electrons. The number of sulfonamides is 1. The van der Waals surface area contributed by atoms with Gasteiger partial charge in [-0.1, -0.05) is 6.07 Å². The van der Waals surface area contributed by atoms with Crippen LogP contribution in [0.2, 0.25) is 0 Å². The maximum atomic E-state index is 12.2. The highest BCUT2D eigenvalue weighted by Gasteiger charge is 2.20. The average Bonchev–Trinajstić information content (AvgIpc) is 3.05. The van der Waals surface area contributed by atoms with Crippen LogP contribution in [0.25, 0.3) is 6.08 Å². The van der Waals surface area contributed by atoms with E-state index < -0.39 is 15.9 Å². The molecule has 1 amide bonds. The zero-order valence-electron chi connectivity index (χ0n) is 11.9. The average molecular weight is 351 g/mol. The van der Waals surface area contributed by atoms with Crippen LogP contribution in [0.4, 0.5) is 0 Å². The van der Waals surface area contributed by atoms with Crippen LogP contribution in [0, 0.1) is 0 Å². The lowest BCUT2D eigenvalue weighted by Gasteiger charge is -2.18. The van der Waals surface area contributed by atoms with E-state index in [4.69, 9.17) is 9.47 Å². The standard InChI is InChI=1S/C15H13NO5S2/c17-15(6-3-11-2-1-9-22-11)16-23(18,19)12-4-5-13-14(10-12)21-8-7-20-13/h1-6,9-10H,7-8H2,(H,16,17). The Morgan fingerprint density at radius 1 is 1.17 bits per heavy atom. The van der Waals surface area contributed by atoms with E-state index in [9.17, 15) is 13.2 Å². The van der Waals surface area contributed by atoms with Gasteiger partial charge in [0.25, 0.3) is 15.9 Å². The molecule has 0 aliphatic carbocycles. The third-order valence-corrected chi connectivity index (χ3v) is 5.18. The quantitative estimate of drug-likeness (QED) is 0.853. The Hall–Kier alpha value is -2.32. The first-order valence-corrected chi connectivity index (χ1v) is 9.09. The van der Waals surface area contributed by atoms with Gasteiger partial charge in [0.1, 0.15) is 13.2 Å². The Bertz CT molecular complexity index is 841. The van der Waals surface area contributed by atoms with Crippen LogP contribution in [0.1, 0.15) is 4.88 Å². The summed E-state index contributed by atoms with van der Waals surface area (Å²) in [5, 5.41) is 1.86. The summed E-state index contributed by atoms with van der Waals surface area (Å²) in [6.07, 6.45) is 2.74. The maximum absolute atomic E-state index is 12.2. The lowest BCUT2D eigenvalue weighted by atomic mass is 10.3. The Labute approximate surface area is 137 Å². The first-order valence-electron chi connectivity index (χ1n) is 6.73. The number of benzene rings is 1. The highest BCUT2D eigenvalue weighted by atomic mass is 32.2. The monoisotopic (exact) mass is 351 g/mol. The van der Waals surface area contributed by atoms with Crippen LogP contribution in [0.5, 0.6) is 11.5 Å². The molecular weight excluding hydrogens is 338 g/mol. The molecule has 0 fully saturated rings. The topological polar surface area (TPSA) is 81.7 Å². The summed E-state index contributed by atoms with van der Waals surface area (Å²) in [7, 11) is -3.97. The van der Waals surface area contributed by atoms with Gasteiger partial charge in [-0.3, -0.25) is 4.79 Å². The summed E-state index contributed by atoms with van der Waals surface area (Å²) in [4.78, 5) is 12.6. The van der Waals surface area contributed by atoms with E-state index >= 15 is 0 Å². The number of rotatable bonds is 4. The van der Waals surface area contributed by atoms with Crippen molar-refractivity contribution in [3.8, 4) is 11.5 Å². The Morgan fingerprint density at radius 2 is 1.96 bits per heavy atom. The van der Waals surface area contributed by atoms with Crippen molar-refractivity contribution >= 4 is 33.3 Å². The number of hydrogen-bond donors (Lipinski definition) is 1. The lowest BCUT2D eigenvalue weighted by Crippen LogP contribution is -2.29. The third-order valence-electron chi connectivity index (χ3n) is 3.00. The van der Waals surface area contributed by atoms with Gasteiger partial charge in [-0.05, 0) is 29.7 Å². The van der Waals surface area contributed by atoms with Gasteiger partial charge in [0.2, 0.25) is 0 Å². The highest BCUT2D eigenvalue weighted by Crippen LogP contribution is 2.32. The molecule has 0 unspecified atom stereocenters. The number of carbonyl (C=O) groups is 1. The van der Waals surface area contributed by atoms with Gasteiger partial charge in [0.15, 0.2) is 11.5 Å². The van der Waals surface area contributed by atoms with Gasteiger partial charge >= 0.3 is 0 Å². The number of fused-ring (bicyclic) bond motifs is 1. The van der Waals surface area contributed by atoms with Crippen LogP contribution in [0.3, 0.4) is 0 Å². The summed E-state index contributed by atoms with van der Waals surface area (Å²) in [5.41, 5.74) is 0. The van der Waals surface area contributed by atoms with Crippen molar-refractivity contribution in [2.24, 2.45) is 0 Å². The minimum atomic E-state index is -3.97. The number of nitrogens with one attached hydrogen (secondary N) is 1. The van der Waals surface area contributed by atoms with E-state index in [1.54, 1.807) is 6.08 Å². The van der Waals surface area contributed by atoms with Crippen molar-refractivity contribution in [3.05, 3.63) is 46.7 Å². The molecule has 23 heavy (non-hydrogen) atoms. The van der Waals surface area contributed by atoms with E-state index in [0.717, 1.165) is 4.88 Å². The van der Waals surface area contributed by atoms with E-state index in [1.807, 2.05) is 22.2 Å². The SMILES string of the molecule is O=C(C=Cc1cccs1)NS(=O)(=O)c1ccc2c(c1)OCCO2. The fourth-order valence-corrected chi connectivity index (χ4v) is 3.54. The Balaban J connectivity index is 1.75. The molecule has 0 atom stereocenters. The first kappa shape index (κ1) is 15.6. The van der Waals surface area contributed by atoms with E-state index in [1.165, 1.54) is 35.6 Å². The molecule has 2 aromatic rings. The number of thiophene rings is 1. The van der Waals surface area contributed by atoms with Gasteiger partial charge in [-0.2, -0.15) is 0 Å². The summed E-state index contributed by atoms with van der Waals surface area (Å²) < 4.78 is 37.1. The van der Waals surface area contributed by atoms with Gasteiger partial charge < -0.3 is 9.47 Å². The van der Waals surface area contributed by atoms with E-state index in [-0.39, 0.29) is 4.90 Å². The molecule has 0 bridgehead atoms. The molecule has 0 saturated heterocycles. The van der Waals surface area contributed by atoms with E-state index in [2.05, 4.69) is 0 Å². The maximum Gasteiger partial charge on any atom is 0.264 e. The molecule has 0 spiro atoms. The molecular formula is C15H13NO5S2. The summed E-state index contributed by atoms with van der Waals surface area (Å²) in [6, 6.07) is 7.88. The number of ether oxygens (including phenoxy) is 2. The Morgan fingerprint density at radius 3 is 2.70 bits per heavy atom. The smallest absolute Gasteiger partial charge is 0.264 e. The molecule has 1 aromatic carbocycles. The normalized spacial score (nSPS) is 13.9. The van der Waals surface area contributed by atoms with Crippen LogP contribution in [-0.4, -0.2) is 27.5 Å². The van der Waals surface area contributed by atoms with Gasteiger partial charge in [-0.25, -0.2) is 13.1 Å². The van der Waals surface area contributed by atoms with Crippen molar-refractivity contribution < 1.29 is 22.7 Å². The summed E-state index contributed by atoms with van der Waals surface area (Å²) >= 11 is 1.45. The predicted molar refractivity (Wildman–Crippen MR) is 86.1 cm³/mol. The predicted octanol–water partition coefficient (Wildman–Crippen LogP) is 2.04. The second-order valence-electron chi connectivity index (χ2n) is 4.62. The zero-order chi connectivity index (χ0) is 16.3.